The zero-order valence-electron chi connectivity index (χ0n) is 17.8. The molecule has 1 N–H and O–H groups in total. The van der Waals surface area contributed by atoms with Crippen molar-refractivity contribution in [2.45, 2.75) is 101 Å². The van der Waals surface area contributed by atoms with E-state index in [1.54, 1.807) is 0 Å². The van der Waals surface area contributed by atoms with Gasteiger partial charge in [-0.2, -0.15) is 0 Å². The van der Waals surface area contributed by atoms with Crippen molar-refractivity contribution < 1.29 is 14.6 Å². The lowest BCUT2D eigenvalue weighted by molar-refractivity contribution is 0.0565. The Bertz CT molecular complexity index is 670. The first kappa shape index (κ1) is 20.0. The minimum Gasteiger partial charge on any atom is -0.487 e. The van der Waals surface area contributed by atoms with E-state index in [0.717, 1.165) is 56.6 Å². The first-order valence-electron chi connectivity index (χ1n) is 11.3. The first-order valence-corrected chi connectivity index (χ1v) is 11.3. The fraction of sp³-hybridized carbons (Fsp3) is 0.750. The standard InChI is InChI=1S/C24H37NO3/c1-17(2)27-21-10-9-18(15-22(21)28-20-7-5-4-6-8-20)24-12-11-19(26)16-23(24)25(3)14-13-24/h9-10,15,17,19-20,23,26H,4-8,11-14,16H2,1-3H3/t19-,23+,24+/m1/s1. The van der Waals surface area contributed by atoms with Gasteiger partial charge >= 0.3 is 0 Å². The highest BCUT2D eigenvalue weighted by Crippen LogP contribution is 2.50. The summed E-state index contributed by atoms with van der Waals surface area (Å²) in [4.78, 5) is 2.45. The zero-order valence-corrected chi connectivity index (χ0v) is 17.8. The molecule has 3 atom stereocenters. The molecule has 0 aromatic heterocycles. The van der Waals surface area contributed by atoms with Crippen molar-refractivity contribution in [3.05, 3.63) is 23.8 Å². The summed E-state index contributed by atoms with van der Waals surface area (Å²) in [5, 5.41) is 10.3. The molecule has 28 heavy (non-hydrogen) atoms. The van der Waals surface area contributed by atoms with Gasteiger partial charge in [-0.15, -0.1) is 0 Å². The molecule has 2 aliphatic carbocycles. The quantitative estimate of drug-likeness (QED) is 0.797. The van der Waals surface area contributed by atoms with Crippen LogP contribution in [0.5, 0.6) is 11.5 Å². The minimum atomic E-state index is -0.166. The van der Waals surface area contributed by atoms with E-state index in [-0.39, 0.29) is 17.6 Å². The van der Waals surface area contributed by atoms with Gasteiger partial charge in [-0.1, -0.05) is 12.5 Å². The molecule has 3 aliphatic rings. The maximum absolute atomic E-state index is 10.3. The molecule has 1 aromatic carbocycles. The van der Waals surface area contributed by atoms with Gasteiger partial charge in [-0.3, -0.25) is 0 Å². The molecule has 156 valence electrons. The summed E-state index contributed by atoms with van der Waals surface area (Å²) in [7, 11) is 2.21. The molecule has 0 radical (unpaired) electrons. The molecular weight excluding hydrogens is 350 g/mol. The summed E-state index contributed by atoms with van der Waals surface area (Å²) < 4.78 is 12.6. The Morgan fingerprint density at radius 3 is 2.61 bits per heavy atom. The van der Waals surface area contributed by atoms with Gasteiger partial charge in [0.2, 0.25) is 0 Å². The van der Waals surface area contributed by atoms with Gasteiger partial charge in [-0.25, -0.2) is 0 Å². The molecule has 0 amide bonds. The van der Waals surface area contributed by atoms with Gasteiger partial charge in [0.25, 0.3) is 0 Å². The van der Waals surface area contributed by atoms with E-state index in [1.807, 2.05) is 0 Å². The third-order valence-corrected chi connectivity index (χ3v) is 7.23. The van der Waals surface area contributed by atoms with E-state index in [0.29, 0.717) is 12.1 Å². The number of hydrogen-bond acceptors (Lipinski definition) is 4. The number of likely N-dealkylation sites (tertiary alicyclic amines) is 1. The van der Waals surface area contributed by atoms with Crippen LogP contribution in [0.2, 0.25) is 0 Å². The molecule has 0 unspecified atom stereocenters. The Labute approximate surface area is 170 Å². The number of nitrogens with zero attached hydrogens (tertiary/aromatic N) is 1. The average molecular weight is 388 g/mol. The van der Waals surface area contributed by atoms with Crippen LogP contribution in [0.1, 0.15) is 77.2 Å². The van der Waals surface area contributed by atoms with Crippen molar-refractivity contribution in [2.24, 2.45) is 0 Å². The first-order chi connectivity index (χ1) is 13.5. The highest BCUT2D eigenvalue weighted by molar-refractivity contribution is 5.47. The van der Waals surface area contributed by atoms with E-state index in [2.05, 4.69) is 44.0 Å². The third kappa shape index (κ3) is 3.91. The predicted octanol–water partition coefficient (Wildman–Crippen LogP) is 4.67. The van der Waals surface area contributed by atoms with Gasteiger partial charge in [-0.05, 0) is 96.5 Å². The molecule has 0 bridgehead atoms. The van der Waals surface area contributed by atoms with Gasteiger partial charge in [0, 0.05) is 11.5 Å². The summed E-state index contributed by atoms with van der Waals surface area (Å²) in [6.07, 6.45) is 10.4. The third-order valence-electron chi connectivity index (χ3n) is 7.23. The Morgan fingerprint density at radius 1 is 1.07 bits per heavy atom. The van der Waals surface area contributed by atoms with Crippen molar-refractivity contribution in [1.82, 2.24) is 4.90 Å². The van der Waals surface area contributed by atoms with Crippen molar-refractivity contribution in [3.8, 4) is 11.5 Å². The Morgan fingerprint density at radius 2 is 1.86 bits per heavy atom. The predicted molar refractivity (Wildman–Crippen MR) is 112 cm³/mol. The van der Waals surface area contributed by atoms with Gasteiger partial charge < -0.3 is 19.5 Å². The Hall–Kier alpha value is -1.26. The van der Waals surface area contributed by atoms with E-state index in [9.17, 15) is 5.11 Å². The maximum Gasteiger partial charge on any atom is 0.161 e. The normalized spacial score (nSPS) is 31.8. The summed E-state index contributed by atoms with van der Waals surface area (Å²) in [6.45, 7) is 5.24. The largest absolute Gasteiger partial charge is 0.487 e. The van der Waals surface area contributed by atoms with Crippen LogP contribution in [-0.2, 0) is 5.41 Å². The van der Waals surface area contributed by atoms with Crippen molar-refractivity contribution in [2.75, 3.05) is 13.6 Å². The topological polar surface area (TPSA) is 41.9 Å². The molecule has 4 rings (SSSR count). The fourth-order valence-corrected chi connectivity index (χ4v) is 5.72. The second-order valence-electron chi connectivity index (χ2n) is 9.54. The molecular formula is C24H37NO3. The molecule has 3 fully saturated rings. The second-order valence-corrected chi connectivity index (χ2v) is 9.54. The SMILES string of the molecule is CC(C)Oc1ccc([C@@]23CC[C@@H](O)C[C@@H]2N(C)CC3)cc1OC1CCCCC1. The zero-order chi connectivity index (χ0) is 19.7. The molecule has 1 aliphatic heterocycles. The van der Waals surface area contributed by atoms with Crippen LogP contribution >= 0.6 is 0 Å². The summed E-state index contributed by atoms with van der Waals surface area (Å²) in [5.41, 5.74) is 1.50. The summed E-state index contributed by atoms with van der Waals surface area (Å²) >= 11 is 0. The van der Waals surface area contributed by atoms with Crippen LogP contribution in [0, 0.1) is 0 Å². The van der Waals surface area contributed by atoms with Crippen molar-refractivity contribution in [3.63, 3.8) is 0 Å². The van der Waals surface area contributed by atoms with E-state index in [1.165, 1.54) is 24.8 Å². The number of aliphatic hydroxyl groups excluding tert-OH is 1. The minimum absolute atomic E-state index is 0.132. The lowest BCUT2D eigenvalue weighted by Crippen LogP contribution is -2.47. The van der Waals surface area contributed by atoms with Crippen LogP contribution in [0.25, 0.3) is 0 Å². The Kier molecular flexibility index (Phi) is 5.89. The number of hydrogen-bond donors (Lipinski definition) is 1. The van der Waals surface area contributed by atoms with Crippen molar-refractivity contribution in [1.29, 1.82) is 0 Å². The van der Waals surface area contributed by atoms with Crippen LogP contribution in [0.15, 0.2) is 18.2 Å². The van der Waals surface area contributed by atoms with Crippen LogP contribution in [0.4, 0.5) is 0 Å². The summed E-state index contributed by atoms with van der Waals surface area (Å²) in [6, 6.07) is 7.07. The number of aliphatic hydroxyl groups is 1. The lowest BCUT2D eigenvalue weighted by atomic mass is 9.65. The van der Waals surface area contributed by atoms with Gasteiger partial charge in [0.05, 0.1) is 18.3 Å². The highest BCUT2D eigenvalue weighted by atomic mass is 16.5. The molecule has 4 heteroatoms. The van der Waals surface area contributed by atoms with Gasteiger partial charge in [0.1, 0.15) is 0 Å². The molecule has 2 saturated carbocycles. The molecule has 1 saturated heterocycles. The van der Waals surface area contributed by atoms with E-state index < -0.39 is 0 Å². The monoisotopic (exact) mass is 387 g/mol. The van der Waals surface area contributed by atoms with Crippen LogP contribution in [0.3, 0.4) is 0 Å². The Balaban J connectivity index is 1.66. The number of ether oxygens (including phenoxy) is 2. The molecule has 0 spiro atoms. The number of benzene rings is 1. The summed E-state index contributed by atoms with van der Waals surface area (Å²) in [5.74, 6) is 1.80. The molecule has 1 aromatic rings. The average Bonchev–Trinajstić information content (AvgIpc) is 3.01. The van der Waals surface area contributed by atoms with Crippen LogP contribution < -0.4 is 9.47 Å². The van der Waals surface area contributed by atoms with Gasteiger partial charge in [0.15, 0.2) is 11.5 Å². The molecule has 1 heterocycles. The number of likely N-dealkylation sites (N-methyl/N-ethyl adjacent to an activating group) is 1. The van der Waals surface area contributed by atoms with Crippen LogP contribution in [-0.4, -0.2) is 48.0 Å². The number of fused-ring (bicyclic) bond motifs is 1. The van der Waals surface area contributed by atoms with Crippen molar-refractivity contribution >= 4 is 0 Å². The number of rotatable bonds is 5. The van der Waals surface area contributed by atoms with E-state index in [4.69, 9.17) is 9.47 Å². The smallest absolute Gasteiger partial charge is 0.161 e. The second kappa shape index (κ2) is 8.23. The maximum atomic E-state index is 10.3. The molecule has 4 nitrogen and oxygen atoms in total. The van der Waals surface area contributed by atoms with E-state index >= 15 is 0 Å². The lowest BCUT2D eigenvalue weighted by Gasteiger charge is -2.43. The fourth-order valence-electron chi connectivity index (χ4n) is 5.72. The highest BCUT2D eigenvalue weighted by Gasteiger charge is 2.50.